The molecule has 3 heterocycles. The molecule has 2 aromatic heterocycles. The van der Waals surface area contributed by atoms with Gasteiger partial charge in [-0.15, -0.1) is 0 Å². The highest BCUT2D eigenvalue weighted by molar-refractivity contribution is 9.10. The van der Waals surface area contributed by atoms with Gasteiger partial charge in [0, 0.05) is 33.9 Å². The number of hydrogen-bond acceptors (Lipinski definition) is 2. The maximum Gasteiger partial charge on any atom is 0.174 e. The lowest BCUT2D eigenvalue weighted by molar-refractivity contribution is 0.549. The van der Waals surface area contributed by atoms with E-state index in [9.17, 15) is 0 Å². The summed E-state index contributed by atoms with van der Waals surface area (Å²) in [5, 5.41) is 4.25. The Kier molecular flexibility index (Phi) is 5.81. The van der Waals surface area contributed by atoms with Gasteiger partial charge in [0.05, 0.1) is 11.7 Å². The lowest BCUT2D eigenvalue weighted by atomic mass is 10.0. The molecule has 32 heavy (non-hydrogen) atoms. The summed E-state index contributed by atoms with van der Waals surface area (Å²) < 4.78 is 3.29. The molecular weight excluding hydrogens is 480 g/mol. The van der Waals surface area contributed by atoms with Gasteiger partial charge >= 0.3 is 0 Å². The van der Waals surface area contributed by atoms with Crippen molar-refractivity contribution in [3.05, 3.63) is 113 Å². The number of nitrogens with zero attached hydrogens (tertiary/aromatic N) is 3. The van der Waals surface area contributed by atoms with Gasteiger partial charge in [-0.25, -0.2) is 0 Å². The molecule has 0 bridgehead atoms. The molecule has 4 aromatic rings. The fourth-order valence-electron chi connectivity index (χ4n) is 4.30. The summed E-state index contributed by atoms with van der Waals surface area (Å²) in [6.07, 6.45) is 4.95. The fraction of sp³-hybridized carbons (Fsp3) is 0.154. The lowest BCUT2D eigenvalue weighted by Crippen LogP contribution is -2.30. The van der Waals surface area contributed by atoms with Crippen molar-refractivity contribution in [3.63, 3.8) is 0 Å². The SMILES string of the molecule is CCc1ccc(N2C(=S)N[C@@H](c3ccccn3)[C@H]2c2cccn2-c2ccc(Br)cc2)cc1. The lowest BCUT2D eigenvalue weighted by Gasteiger charge is -2.29. The number of pyridine rings is 1. The second-order valence-electron chi connectivity index (χ2n) is 7.80. The molecule has 1 saturated heterocycles. The van der Waals surface area contributed by atoms with E-state index in [0.717, 1.165) is 33.7 Å². The molecule has 6 heteroatoms. The Hall–Kier alpha value is -2.96. The average molecular weight is 503 g/mol. The topological polar surface area (TPSA) is 33.1 Å². The van der Waals surface area contributed by atoms with Gasteiger partial charge in [-0.05, 0) is 84.9 Å². The van der Waals surface area contributed by atoms with Crippen LogP contribution in [0.5, 0.6) is 0 Å². The molecule has 1 aliphatic rings. The van der Waals surface area contributed by atoms with Crippen molar-refractivity contribution in [2.24, 2.45) is 0 Å². The molecule has 1 aliphatic heterocycles. The van der Waals surface area contributed by atoms with Crippen molar-refractivity contribution in [1.29, 1.82) is 0 Å². The van der Waals surface area contributed by atoms with Gasteiger partial charge in [-0.1, -0.05) is 41.1 Å². The van der Waals surface area contributed by atoms with Gasteiger partial charge in [0.2, 0.25) is 0 Å². The van der Waals surface area contributed by atoms with Crippen LogP contribution in [0.15, 0.2) is 95.7 Å². The third-order valence-electron chi connectivity index (χ3n) is 5.91. The Balaban J connectivity index is 1.64. The molecule has 2 aromatic carbocycles. The number of halogens is 1. The van der Waals surface area contributed by atoms with Gasteiger partial charge in [-0.3, -0.25) is 4.98 Å². The molecule has 0 saturated carbocycles. The zero-order valence-corrected chi connectivity index (χ0v) is 20.1. The van der Waals surface area contributed by atoms with E-state index in [1.165, 1.54) is 5.56 Å². The first-order valence-electron chi connectivity index (χ1n) is 10.7. The van der Waals surface area contributed by atoms with Crippen LogP contribution in [-0.4, -0.2) is 14.7 Å². The van der Waals surface area contributed by atoms with E-state index in [4.69, 9.17) is 12.2 Å². The highest BCUT2D eigenvalue weighted by atomic mass is 79.9. The summed E-state index contributed by atoms with van der Waals surface area (Å²) in [6.45, 7) is 2.17. The number of anilines is 1. The normalized spacial score (nSPS) is 18.1. The molecule has 5 rings (SSSR count). The largest absolute Gasteiger partial charge is 0.351 e. The minimum Gasteiger partial charge on any atom is -0.351 e. The Labute approximate surface area is 202 Å². The predicted octanol–water partition coefficient (Wildman–Crippen LogP) is 6.37. The van der Waals surface area contributed by atoms with E-state index in [2.05, 4.69) is 116 Å². The van der Waals surface area contributed by atoms with Crippen LogP contribution in [-0.2, 0) is 6.42 Å². The number of aryl methyl sites for hydroxylation is 1. The van der Waals surface area contributed by atoms with Crippen LogP contribution in [0.1, 0.15) is 36.0 Å². The molecule has 0 aliphatic carbocycles. The summed E-state index contributed by atoms with van der Waals surface area (Å²) in [5.41, 5.74) is 5.60. The van der Waals surface area contributed by atoms with Crippen LogP contribution in [0.25, 0.3) is 5.69 Å². The van der Waals surface area contributed by atoms with E-state index >= 15 is 0 Å². The smallest absolute Gasteiger partial charge is 0.174 e. The van der Waals surface area contributed by atoms with Crippen molar-refractivity contribution < 1.29 is 0 Å². The van der Waals surface area contributed by atoms with Gasteiger partial charge in [-0.2, -0.15) is 0 Å². The van der Waals surface area contributed by atoms with Gasteiger partial charge in [0.15, 0.2) is 5.11 Å². The molecule has 0 radical (unpaired) electrons. The van der Waals surface area contributed by atoms with Crippen LogP contribution in [0.2, 0.25) is 0 Å². The van der Waals surface area contributed by atoms with E-state index in [1.54, 1.807) is 0 Å². The minimum absolute atomic E-state index is 0.0523. The number of hydrogen-bond donors (Lipinski definition) is 1. The third-order valence-corrected chi connectivity index (χ3v) is 6.75. The van der Waals surface area contributed by atoms with Crippen LogP contribution < -0.4 is 10.2 Å². The monoisotopic (exact) mass is 502 g/mol. The summed E-state index contributed by atoms with van der Waals surface area (Å²) in [7, 11) is 0. The van der Waals surface area contributed by atoms with E-state index in [-0.39, 0.29) is 12.1 Å². The standard InChI is InChI=1S/C26H23BrN4S/c1-2-18-8-12-21(13-9-18)31-25(24(29-26(31)32)22-6-3-4-16-28-22)23-7-5-17-30(23)20-14-10-19(27)11-15-20/h3-17,24-25H,2H2,1H3,(H,29,32)/t24-,25+/m0/s1. The first kappa shape index (κ1) is 20.9. The molecule has 1 N–H and O–H groups in total. The maximum absolute atomic E-state index is 5.86. The van der Waals surface area contributed by atoms with E-state index < -0.39 is 0 Å². The second kappa shape index (κ2) is 8.88. The molecule has 4 nitrogen and oxygen atoms in total. The highest BCUT2D eigenvalue weighted by Gasteiger charge is 2.42. The van der Waals surface area contributed by atoms with Gasteiger partial charge in [0.25, 0.3) is 0 Å². The Morgan fingerprint density at radius 2 is 1.69 bits per heavy atom. The average Bonchev–Trinajstić information content (AvgIpc) is 3.44. The summed E-state index contributed by atoms with van der Waals surface area (Å²) >= 11 is 9.40. The van der Waals surface area contributed by atoms with Crippen molar-refractivity contribution in [1.82, 2.24) is 14.9 Å². The second-order valence-corrected chi connectivity index (χ2v) is 9.10. The van der Waals surface area contributed by atoms with Gasteiger partial charge < -0.3 is 14.8 Å². The molecule has 0 spiro atoms. The maximum atomic E-state index is 5.86. The Morgan fingerprint density at radius 1 is 0.938 bits per heavy atom. The van der Waals surface area contributed by atoms with Gasteiger partial charge in [0.1, 0.15) is 6.04 Å². The van der Waals surface area contributed by atoms with Crippen LogP contribution in [0.3, 0.4) is 0 Å². The quantitative estimate of drug-likeness (QED) is 0.321. The summed E-state index contributed by atoms with van der Waals surface area (Å²) in [6, 6.07) is 27.2. The van der Waals surface area contributed by atoms with Crippen molar-refractivity contribution in [3.8, 4) is 5.69 Å². The van der Waals surface area contributed by atoms with Crippen LogP contribution >= 0.6 is 28.1 Å². The molecule has 2 atom stereocenters. The van der Waals surface area contributed by atoms with Crippen molar-refractivity contribution >= 4 is 38.9 Å². The zero-order chi connectivity index (χ0) is 22.1. The number of benzene rings is 2. The highest BCUT2D eigenvalue weighted by Crippen LogP contribution is 2.42. The van der Waals surface area contributed by atoms with Crippen molar-refractivity contribution in [2.45, 2.75) is 25.4 Å². The van der Waals surface area contributed by atoms with Crippen LogP contribution in [0, 0.1) is 0 Å². The number of rotatable bonds is 5. The molecule has 0 amide bonds. The third kappa shape index (κ3) is 3.85. The number of thiocarbonyl (C=S) groups is 1. The van der Waals surface area contributed by atoms with E-state index in [1.807, 2.05) is 18.3 Å². The van der Waals surface area contributed by atoms with E-state index in [0.29, 0.717) is 5.11 Å². The minimum atomic E-state index is -0.0707. The molecule has 1 fully saturated rings. The van der Waals surface area contributed by atoms with Crippen LogP contribution in [0.4, 0.5) is 5.69 Å². The summed E-state index contributed by atoms with van der Waals surface area (Å²) in [4.78, 5) is 6.88. The summed E-state index contributed by atoms with van der Waals surface area (Å²) in [5.74, 6) is 0. The zero-order valence-electron chi connectivity index (χ0n) is 17.6. The van der Waals surface area contributed by atoms with Crippen molar-refractivity contribution in [2.75, 3.05) is 4.90 Å². The molecule has 0 unspecified atom stereocenters. The first-order chi connectivity index (χ1) is 15.7. The predicted molar refractivity (Wildman–Crippen MR) is 137 cm³/mol. The number of aromatic nitrogens is 2. The number of nitrogens with one attached hydrogen (secondary N) is 1. The Morgan fingerprint density at radius 3 is 2.38 bits per heavy atom. The first-order valence-corrected chi connectivity index (χ1v) is 11.9. The molecule has 160 valence electrons. The fourth-order valence-corrected chi connectivity index (χ4v) is 4.91. The Bertz CT molecular complexity index is 1220. The molecular formula is C26H23BrN4S.